The number of hydrogen-bond acceptors (Lipinski definition) is 7. The van der Waals surface area contributed by atoms with E-state index in [2.05, 4.69) is 20.5 Å². The Morgan fingerprint density at radius 1 is 1.04 bits per heavy atom. The molecule has 1 amide bonds. The zero-order valence-electron chi connectivity index (χ0n) is 15.0. The lowest BCUT2D eigenvalue weighted by Gasteiger charge is -1.99. The van der Waals surface area contributed by atoms with Gasteiger partial charge in [-0.1, -0.05) is 60.3 Å². The van der Waals surface area contributed by atoms with Gasteiger partial charge >= 0.3 is 0 Å². The van der Waals surface area contributed by atoms with Crippen molar-refractivity contribution in [3.8, 4) is 22.7 Å². The third-order valence-electron chi connectivity index (χ3n) is 3.84. The van der Waals surface area contributed by atoms with E-state index in [4.69, 9.17) is 4.42 Å². The minimum atomic E-state index is -0.169. The van der Waals surface area contributed by atoms with Crippen LogP contribution in [-0.4, -0.2) is 26.8 Å². The second kappa shape index (κ2) is 8.37. The van der Waals surface area contributed by atoms with E-state index < -0.39 is 0 Å². The van der Waals surface area contributed by atoms with Crippen LogP contribution in [0.2, 0.25) is 0 Å². The van der Waals surface area contributed by atoms with Gasteiger partial charge in [-0.3, -0.25) is 4.79 Å². The normalized spacial score (nSPS) is 10.8. The number of carbonyl (C=O) groups is 1. The number of nitrogens with zero attached hydrogens (tertiary/aromatic N) is 3. The lowest BCUT2D eigenvalue weighted by molar-refractivity contribution is -0.113. The number of aryl methyl sites for hydroxylation is 1. The molecule has 0 fully saturated rings. The minimum absolute atomic E-state index is 0.162. The molecular weight excluding hydrogens is 392 g/mol. The number of amides is 1. The summed E-state index contributed by atoms with van der Waals surface area (Å²) in [5.74, 6) is 0.430. The van der Waals surface area contributed by atoms with Gasteiger partial charge in [-0.2, -0.15) is 0 Å². The predicted octanol–water partition coefficient (Wildman–Crippen LogP) is 4.90. The molecule has 6 nitrogen and oxygen atoms in total. The van der Waals surface area contributed by atoms with Gasteiger partial charge in [0.25, 0.3) is 5.22 Å². The highest BCUT2D eigenvalue weighted by Crippen LogP contribution is 2.30. The zero-order valence-corrected chi connectivity index (χ0v) is 16.6. The van der Waals surface area contributed by atoms with Crippen molar-refractivity contribution >= 4 is 34.1 Å². The van der Waals surface area contributed by atoms with Gasteiger partial charge in [-0.15, -0.1) is 21.5 Å². The lowest BCUT2D eigenvalue weighted by atomic mass is 10.1. The quantitative estimate of drug-likeness (QED) is 0.457. The van der Waals surface area contributed by atoms with Crippen molar-refractivity contribution in [2.45, 2.75) is 12.1 Å². The van der Waals surface area contributed by atoms with Crippen molar-refractivity contribution in [2.24, 2.45) is 0 Å². The molecule has 8 heteroatoms. The summed E-state index contributed by atoms with van der Waals surface area (Å²) >= 11 is 2.65. The van der Waals surface area contributed by atoms with Gasteiger partial charge in [-0.05, 0) is 19.1 Å². The van der Waals surface area contributed by atoms with E-state index in [-0.39, 0.29) is 11.7 Å². The molecule has 4 rings (SSSR count). The second-order valence-electron chi connectivity index (χ2n) is 5.87. The first-order chi connectivity index (χ1) is 13.7. The van der Waals surface area contributed by atoms with Crippen molar-refractivity contribution in [3.05, 3.63) is 65.5 Å². The maximum Gasteiger partial charge on any atom is 0.277 e. The average molecular weight is 409 g/mol. The van der Waals surface area contributed by atoms with Crippen molar-refractivity contribution < 1.29 is 9.21 Å². The van der Waals surface area contributed by atoms with Gasteiger partial charge in [0.05, 0.1) is 11.4 Å². The number of hydrogen-bond donors (Lipinski definition) is 1. The fourth-order valence-electron chi connectivity index (χ4n) is 2.56. The number of carbonyl (C=O) groups excluding carboxylic acids is 1. The summed E-state index contributed by atoms with van der Waals surface area (Å²) in [5.41, 5.74) is 2.77. The smallest absolute Gasteiger partial charge is 0.277 e. The molecule has 28 heavy (non-hydrogen) atoms. The van der Waals surface area contributed by atoms with Gasteiger partial charge in [0, 0.05) is 16.0 Å². The summed E-state index contributed by atoms with van der Waals surface area (Å²) < 4.78 is 5.60. The number of aromatic nitrogens is 3. The number of thioether (sulfide) groups is 1. The van der Waals surface area contributed by atoms with E-state index in [1.54, 1.807) is 0 Å². The Kier molecular flexibility index (Phi) is 5.50. The molecule has 0 saturated carbocycles. The molecule has 140 valence electrons. The molecule has 0 spiro atoms. The van der Waals surface area contributed by atoms with Crippen molar-refractivity contribution in [1.29, 1.82) is 0 Å². The van der Waals surface area contributed by atoms with E-state index in [0.29, 0.717) is 16.2 Å². The minimum Gasteiger partial charge on any atom is -0.411 e. The van der Waals surface area contributed by atoms with Crippen molar-refractivity contribution in [1.82, 2.24) is 15.2 Å². The zero-order chi connectivity index (χ0) is 19.3. The summed E-state index contributed by atoms with van der Waals surface area (Å²) in [4.78, 5) is 17.9. The molecule has 2 aromatic heterocycles. The monoisotopic (exact) mass is 408 g/mol. The van der Waals surface area contributed by atoms with Crippen LogP contribution in [0, 0.1) is 6.92 Å². The Balaban J connectivity index is 1.36. The molecule has 0 aliphatic carbocycles. The Labute approximate surface area is 170 Å². The molecular formula is C20H16N4O2S2. The second-order valence-corrected chi connectivity index (χ2v) is 8.00. The molecule has 1 N–H and O–H groups in total. The summed E-state index contributed by atoms with van der Waals surface area (Å²) in [6, 6.07) is 19.4. The maximum atomic E-state index is 12.3. The van der Waals surface area contributed by atoms with Crippen LogP contribution in [0.25, 0.3) is 22.7 Å². The van der Waals surface area contributed by atoms with E-state index in [1.165, 1.54) is 23.1 Å². The van der Waals surface area contributed by atoms with Crippen LogP contribution in [0.5, 0.6) is 0 Å². The fraction of sp³-hybridized carbons (Fsp3) is 0.100. The number of rotatable bonds is 6. The first-order valence-corrected chi connectivity index (χ1v) is 10.3. The highest BCUT2D eigenvalue weighted by Gasteiger charge is 2.14. The first kappa shape index (κ1) is 18.4. The average Bonchev–Trinajstić information content (AvgIpc) is 3.34. The van der Waals surface area contributed by atoms with E-state index in [1.807, 2.05) is 67.6 Å². The van der Waals surface area contributed by atoms with Crippen LogP contribution in [0.4, 0.5) is 5.13 Å². The number of thiazole rings is 1. The molecule has 0 radical (unpaired) electrons. The Morgan fingerprint density at radius 2 is 1.71 bits per heavy atom. The summed E-state index contributed by atoms with van der Waals surface area (Å²) in [6.07, 6.45) is 0. The summed E-state index contributed by atoms with van der Waals surface area (Å²) in [5, 5.41) is 11.8. The molecule has 2 aromatic carbocycles. The highest BCUT2D eigenvalue weighted by atomic mass is 32.2. The van der Waals surface area contributed by atoms with Gasteiger partial charge in [0.15, 0.2) is 5.13 Å². The molecule has 0 atom stereocenters. The molecule has 0 aliphatic heterocycles. The number of benzene rings is 2. The van der Waals surface area contributed by atoms with E-state index >= 15 is 0 Å². The third kappa shape index (κ3) is 4.29. The number of anilines is 1. The van der Waals surface area contributed by atoms with Crippen LogP contribution in [0.3, 0.4) is 0 Å². The van der Waals surface area contributed by atoms with Crippen molar-refractivity contribution in [2.75, 3.05) is 11.1 Å². The molecule has 4 aromatic rings. The van der Waals surface area contributed by atoms with Gasteiger partial charge < -0.3 is 9.73 Å². The SMILES string of the molecule is Cc1sc(NC(=O)CSc2nnc(-c3ccccc3)o2)nc1-c1ccccc1. The van der Waals surface area contributed by atoms with Gasteiger partial charge in [-0.25, -0.2) is 4.98 Å². The topological polar surface area (TPSA) is 80.9 Å². The van der Waals surface area contributed by atoms with E-state index in [0.717, 1.165) is 21.7 Å². The third-order valence-corrected chi connectivity index (χ3v) is 5.55. The summed E-state index contributed by atoms with van der Waals surface area (Å²) in [6.45, 7) is 1.99. The lowest BCUT2D eigenvalue weighted by Crippen LogP contribution is -2.13. The van der Waals surface area contributed by atoms with Crippen LogP contribution < -0.4 is 5.32 Å². The fourth-order valence-corrected chi connectivity index (χ4v) is 3.98. The maximum absolute atomic E-state index is 12.3. The number of nitrogens with one attached hydrogen (secondary N) is 1. The standard InChI is InChI=1S/C20H16N4O2S2/c1-13-17(14-8-4-2-5-9-14)22-19(28-13)21-16(25)12-27-20-24-23-18(26-20)15-10-6-3-7-11-15/h2-11H,12H2,1H3,(H,21,22,25). The Hall–Kier alpha value is -2.97. The van der Waals surface area contributed by atoms with Crippen LogP contribution >= 0.6 is 23.1 Å². The molecule has 2 heterocycles. The Bertz CT molecular complexity index is 1080. The van der Waals surface area contributed by atoms with Crippen LogP contribution in [0.15, 0.2) is 70.3 Å². The van der Waals surface area contributed by atoms with E-state index in [9.17, 15) is 4.79 Å². The highest BCUT2D eigenvalue weighted by molar-refractivity contribution is 7.99. The summed E-state index contributed by atoms with van der Waals surface area (Å²) in [7, 11) is 0. The molecule has 0 aliphatic rings. The van der Waals surface area contributed by atoms with Crippen molar-refractivity contribution in [3.63, 3.8) is 0 Å². The molecule has 0 bridgehead atoms. The molecule has 0 saturated heterocycles. The van der Waals surface area contributed by atoms with Gasteiger partial charge in [0.1, 0.15) is 0 Å². The van der Waals surface area contributed by atoms with Crippen LogP contribution in [-0.2, 0) is 4.79 Å². The first-order valence-electron chi connectivity index (χ1n) is 8.53. The van der Waals surface area contributed by atoms with Gasteiger partial charge in [0.2, 0.25) is 11.8 Å². The predicted molar refractivity (Wildman–Crippen MR) is 111 cm³/mol. The Morgan fingerprint density at radius 3 is 2.43 bits per heavy atom. The van der Waals surface area contributed by atoms with Crippen LogP contribution in [0.1, 0.15) is 4.88 Å². The molecule has 0 unspecified atom stereocenters. The largest absolute Gasteiger partial charge is 0.411 e.